The highest BCUT2D eigenvalue weighted by Gasteiger charge is 2.06. The second-order valence-corrected chi connectivity index (χ2v) is 3.82. The summed E-state index contributed by atoms with van der Waals surface area (Å²) in [6, 6.07) is 7.96. The predicted molar refractivity (Wildman–Crippen MR) is 59.4 cm³/mol. The van der Waals surface area contributed by atoms with Crippen LogP contribution in [0, 0.1) is 0 Å². The maximum Gasteiger partial charge on any atom is 0.309 e. The highest BCUT2D eigenvalue weighted by molar-refractivity contribution is 7.97. The monoisotopic (exact) mass is 210 g/mol. The summed E-state index contributed by atoms with van der Waals surface area (Å²) in [7, 11) is 1.42. The van der Waals surface area contributed by atoms with Gasteiger partial charge in [-0.1, -0.05) is 24.3 Å². The lowest BCUT2D eigenvalue weighted by Gasteiger charge is -2.06. The SMILES string of the molecule is COC(=O)Cc1ccccc1CSC. The Bertz CT molecular complexity index is 310. The Hall–Kier alpha value is -0.960. The summed E-state index contributed by atoms with van der Waals surface area (Å²) in [6.07, 6.45) is 2.42. The van der Waals surface area contributed by atoms with Gasteiger partial charge < -0.3 is 4.74 Å². The van der Waals surface area contributed by atoms with Gasteiger partial charge in [0.2, 0.25) is 0 Å². The summed E-state index contributed by atoms with van der Waals surface area (Å²) in [6.45, 7) is 0. The zero-order chi connectivity index (χ0) is 10.4. The van der Waals surface area contributed by atoms with Crippen LogP contribution in [-0.2, 0) is 21.7 Å². The summed E-state index contributed by atoms with van der Waals surface area (Å²) < 4.78 is 4.64. The van der Waals surface area contributed by atoms with Crippen LogP contribution in [-0.4, -0.2) is 19.3 Å². The number of rotatable bonds is 4. The molecule has 0 saturated heterocycles. The first kappa shape index (κ1) is 11.1. The van der Waals surface area contributed by atoms with Gasteiger partial charge in [-0.25, -0.2) is 0 Å². The average Bonchev–Trinajstić information content (AvgIpc) is 2.21. The maximum atomic E-state index is 11.1. The van der Waals surface area contributed by atoms with Crippen molar-refractivity contribution < 1.29 is 9.53 Å². The van der Waals surface area contributed by atoms with Crippen LogP contribution in [0.3, 0.4) is 0 Å². The van der Waals surface area contributed by atoms with Crippen molar-refractivity contribution in [1.82, 2.24) is 0 Å². The lowest BCUT2D eigenvalue weighted by Crippen LogP contribution is -2.06. The third kappa shape index (κ3) is 3.07. The Balaban J connectivity index is 2.78. The van der Waals surface area contributed by atoms with Crippen LogP contribution < -0.4 is 0 Å². The van der Waals surface area contributed by atoms with Crippen molar-refractivity contribution in [3.63, 3.8) is 0 Å². The number of hydrogen-bond acceptors (Lipinski definition) is 3. The first-order valence-electron chi connectivity index (χ1n) is 4.40. The molecule has 3 heteroatoms. The fourth-order valence-corrected chi connectivity index (χ4v) is 1.85. The van der Waals surface area contributed by atoms with E-state index in [4.69, 9.17) is 0 Å². The molecule has 0 bridgehead atoms. The van der Waals surface area contributed by atoms with E-state index in [9.17, 15) is 4.79 Å². The highest BCUT2D eigenvalue weighted by Crippen LogP contribution is 2.15. The summed E-state index contributed by atoms with van der Waals surface area (Å²) in [5.74, 6) is 0.756. The Labute approximate surface area is 88.7 Å². The number of ether oxygens (including phenoxy) is 1. The van der Waals surface area contributed by atoms with Gasteiger partial charge in [0.05, 0.1) is 13.5 Å². The van der Waals surface area contributed by atoms with E-state index < -0.39 is 0 Å². The highest BCUT2D eigenvalue weighted by atomic mass is 32.2. The fourth-order valence-electron chi connectivity index (χ4n) is 1.25. The molecular weight excluding hydrogens is 196 g/mol. The van der Waals surface area contributed by atoms with Crippen LogP contribution in [0.1, 0.15) is 11.1 Å². The minimum atomic E-state index is -0.182. The standard InChI is InChI=1S/C11H14O2S/c1-13-11(12)7-9-5-3-4-6-10(9)8-14-2/h3-6H,7-8H2,1-2H3. The van der Waals surface area contributed by atoms with E-state index in [2.05, 4.69) is 17.1 Å². The number of methoxy groups -OCH3 is 1. The predicted octanol–water partition coefficient (Wildman–Crippen LogP) is 2.27. The zero-order valence-electron chi connectivity index (χ0n) is 8.45. The van der Waals surface area contributed by atoms with Crippen molar-refractivity contribution in [1.29, 1.82) is 0 Å². The van der Waals surface area contributed by atoms with E-state index in [1.165, 1.54) is 12.7 Å². The smallest absolute Gasteiger partial charge is 0.309 e. The number of carbonyl (C=O) groups is 1. The van der Waals surface area contributed by atoms with Gasteiger partial charge in [-0.05, 0) is 17.4 Å². The molecule has 76 valence electrons. The van der Waals surface area contributed by atoms with E-state index in [0.717, 1.165) is 11.3 Å². The number of hydrogen-bond donors (Lipinski definition) is 0. The normalized spacial score (nSPS) is 9.86. The van der Waals surface area contributed by atoms with Crippen molar-refractivity contribution in [3.05, 3.63) is 35.4 Å². The second kappa shape index (κ2) is 5.70. The number of benzene rings is 1. The van der Waals surface area contributed by atoms with Crippen LogP contribution in [0.25, 0.3) is 0 Å². The minimum absolute atomic E-state index is 0.182. The molecule has 0 N–H and O–H groups in total. The molecule has 0 aliphatic carbocycles. The summed E-state index contributed by atoms with van der Waals surface area (Å²) >= 11 is 1.75. The fraction of sp³-hybridized carbons (Fsp3) is 0.364. The molecule has 14 heavy (non-hydrogen) atoms. The van der Waals surface area contributed by atoms with E-state index >= 15 is 0 Å². The Morgan fingerprint density at radius 1 is 1.36 bits per heavy atom. The van der Waals surface area contributed by atoms with Crippen molar-refractivity contribution in [3.8, 4) is 0 Å². The molecule has 0 unspecified atom stereocenters. The van der Waals surface area contributed by atoms with E-state index in [1.807, 2.05) is 18.2 Å². The van der Waals surface area contributed by atoms with Gasteiger partial charge in [-0.3, -0.25) is 4.79 Å². The molecule has 0 fully saturated rings. The van der Waals surface area contributed by atoms with Gasteiger partial charge in [0.15, 0.2) is 0 Å². The molecule has 0 saturated carbocycles. The second-order valence-electron chi connectivity index (χ2n) is 2.95. The first-order valence-corrected chi connectivity index (χ1v) is 5.80. The number of thioether (sulfide) groups is 1. The molecule has 1 aromatic carbocycles. The van der Waals surface area contributed by atoms with Crippen LogP contribution in [0.5, 0.6) is 0 Å². The van der Waals surface area contributed by atoms with Crippen LogP contribution in [0.4, 0.5) is 0 Å². The van der Waals surface area contributed by atoms with Crippen molar-refractivity contribution >= 4 is 17.7 Å². The summed E-state index contributed by atoms with van der Waals surface area (Å²) in [5.41, 5.74) is 2.28. The topological polar surface area (TPSA) is 26.3 Å². The molecule has 2 nitrogen and oxygen atoms in total. The maximum absolute atomic E-state index is 11.1. The van der Waals surface area contributed by atoms with Crippen molar-refractivity contribution in [2.75, 3.05) is 13.4 Å². The molecule has 0 atom stereocenters. The Morgan fingerprint density at radius 3 is 2.57 bits per heavy atom. The number of carbonyl (C=O) groups excluding carboxylic acids is 1. The van der Waals surface area contributed by atoms with Gasteiger partial charge >= 0.3 is 5.97 Å². The summed E-state index contributed by atoms with van der Waals surface area (Å²) in [4.78, 5) is 11.1. The van der Waals surface area contributed by atoms with E-state index in [1.54, 1.807) is 11.8 Å². The number of esters is 1. The van der Waals surface area contributed by atoms with E-state index in [0.29, 0.717) is 6.42 Å². The van der Waals surface area contributed by atoms with Gasteiger partial charge in [0, 0.05) is 5.75 Å². The quantitative estimate of drug-likeness (QED) is 0.713. The molecular formula is C11H14O2S. The van der Waals surface area contributed by atoms with Gasteiger partial charge in [-0.2, -0.15) is 11.8 Å². The molecule has 0 heterocycles. The zero-order valence-corrected chi connectivity index (χ0v) is 9.26. The third-order valence-corrected chi connectivity index (χ3v) is 2.58. The average molecular weight is 210 g/mol. The van der Waals surface area contributed by atoms with Crippen LogP contribution >= 0.6 is 11.8 Å². The molecule has 1 aromatic rings. The minimum Gasteiger partial charge on any atom is -0.469 e. The largest absolute Gasteiger partial charge is 0.469 e. The van der Waals surface area contributed by atoms with E-state index in [-0.39, 0.29) is 5.97 Å². The Kier molecular flexibility index (Phi) is 4.53. The molecule has 0 aliphatic rings. The molecule has 1 rings (SSSR count). The van der Waals surface area contributed by atoms with Gasteiger partial charge in [0.1, 0.15) is 0 Å². The molecule has 0 spiro atoms. The molecule has 0 aliphatic heterocycles. The third-order valence-electron chi connectivity index (χ3n) is 1.98. The first-order chi connectivity index (χ1) is 6.77. The van der Waals surface area contributed by atoms with Crippen molar-refractivity contribution in [2.45, 2.75) is 12.2 Å². The summed E-state index contributed by atoms with van der Waals surface area (Å²) in [5, 5.41) is 0. The molecule has 0 radical (unpaired) electrons. The molecule has 0 aromatic heterocycles. The van der Waals surface area contributed by atoms with Crippen molar-refractivity contribution in [2.24, 2.45) is 0 Å². The van der Waals surface area contributed by atoms with Gasteiger partial charge in [0.25, 0.3) is 0 Å². The van der Waals surface area contributed by atoms with Crippen LogP contribution in [0.15, 0.2) is 24.3 Å². The molecule has 0 amide bonds. The lowest BCUT2D eigenvalue weighted by molar-refractivity contribution is -0.139. The van der Waals surface area contributed by atoms with Crippen LogP contribution in [0.2, 0.25) is 0 Å². The lowest BCUT2D eigenvalue weighted by atomic mass is 10.1. The Morgan fingerprint density at radius 2 is 2.00 bits per heavy atom. The van der Waals surface area contributed by atoms with Gasteiger partial charge in [-0.15, -0.1) is 0 Å².